The molecule has 2 atom stereocenters. The van der Waals surface area contributed by atoms with Crippen LogP contribution in [0.4, 0.5) is 0 Å². The Labute approximate surface area is 47.9 Å². The van der Waals surface area contributed by atoms with Gasteiger partial charge in [0.15, 0.2) is 0 Å². The summed E-state index contributed by atoms with van der Waals surface area (Å²) in [6.45, 7) is 2.58. The fraction of sp³-hybridized carbons (Fsp3) is 1.00. The molecule has 0 aliphatic rings. The number of nitrogens with zero attached hydrogens (tertiary/aromatic N) is 1. The molecule has 2 unspecified atom stereocenters. The maximum Gasteiger partial charge on any atom is 0.133 e. The number of aliphatic hydroxyl groups is 2. The highest BCUT2D eigenvalue weighted by Gasteiger charge is 2.13. The van der Waals surface area contributed by atoms with Crippen LogP contribution >= 0.6 is 0 Å². The highest BCUT2D eigenvalue weighted by molar-refractivity contribution is 4.41. The van der Waals surface area contributed by atoms with Crippen LogP contribution in [0.2, 0.25) is 0 Å². The van der Waals surface area contributed by atoms with Crippen molar-refractivity contribution in [1.29, 1.82) is 0 Å². The first-order chi connectivity index (χ1) is 3.55. The average Bonchev–Trinajstić information content (AvgIpc) is 1.64. The summed E-state index contributed by atoms with van der Waals surface area (Å²) in [5.41, 5.74) is 0. The SMILES string of the molecule is CC(O)N([O])C(C)O. The summed E-state index contributed by atoms with van der Waals surface area (Å²) in [7, 11) is 0. The van der Waals surface area contributed by atoms with Gasteiger partial charge in [-0.25, -0.2) is 0 Å². The summed E-state index contributed by atoms with van der Waals surface area (Å²) in [5, 5.41) is 27.3. The second-order valence-electron chi connectivity index (χ2n) is 1.62. The van der Waals surface area contributed by atoms with Crippen molar-refractivity contribution in [2.24, 2.45) is 0 Å². The van der Waals surface area contributed by atoms with E-state index >= 15 is 0 Å². The largest absolute Gasteiger partial charge is 0.376 e. The summed E-state index contributed by atoms with van der Waals surface area (Å²) >= 11 is 0. The molecule has 0 aromatic carbocycles. The van der Waals surface area contributed by atoms with Crippen molar-refractivity contribution in [2.45, 2.75) is 26.3 Å². The van der Waals surface area contributed by atoms with Gasteiger partial charge in [-0.1, -0.05) is 5.06 Å². The van der Waals surface area contributed by atoms with E-state index in [2.05, 4.69) is 0 Å². The molecule has 0 rings (SSSR count). The average molecular weight is 120 g/mol. The van der Waals surface area contributed by atoms with Gasteiger partial charge >= 0.3 is 0 Å². The molecule has 0 spiro atoms. The van der Waals surface area contributed by atoms with E-state index in [1.807, 2.05) is 0 Å². The summed E-state index contributed by atoms with van der Waals surface area (Å²) < 4.78 is 0. The molecular weight excluding hydrogens is 110 g/mol. The van der Waals surface area contributed by atoms with Crippen LogP contribution in [0.3, 0.4) is 0 Å². The first-order valence-electron chi connectivity index (χ1n) is 2.37. The summed E-state index contributed by atoms with van der Waals surface area (Å²) in [6.07, 6.45) is -2.26. The van der Waals surface area contributed by atoms with Gasteiger partial charge < -0.3 is 10.2 Å². The van der Waals surface area contributed by atoms with Gasteiger partial charge in [-0.2, -0.15) is 0 Å². The van der Waals surface area contributed by atoms with Crippen LogP contribution in [0.25, 0.3) is 0 Å². The minimum atomic E-state index is -1.13. The van der Waals surface area contributed by atoms with E-state index in [1.165, 1.54) is 13.8 Å². The Morgan fingerprint density at radius 3 is 1.50 bits per heavy atom. The molecule has 0 fully saturated rings. The first-order valence-corrected chi connectivity index (χ1v) is 2.37. The maximum atomic E-state index is 10.3. The molecule has 0 aromatic rings. The van der Waals surface area contributed by atoms with Crippen LogP contribution in [-0.4, -0.2) is 27.7 Å². The zero-order chi connectivity index (χ0) is 6.73. The number of hydrogen-bond donors (Lipinski definition) is 2. The molecular formula is C4H10NO3. The van der Waals surface area contributed by atoms with Crippen LogP contribution in [-0.2, 0) is 5.21 Å². The maximum absolute atomic E-state index is 10.3. The molecule has 2 N–H and O–H groups in total. The molecule has 0 amide bonds. The zero-order valence-electron chi connectivity index (χ0n) is 4.90. The molecule has 0 aliphatic heterocycles. The normalized spacial score (nSPS) is 18.8. The molecule has 4 heteroatoms. The van der Waals surface area contributed by atoms with Crippen molar-refractivity contribution in [1.82, 2.24) is 5.06 Å². The lowest BCUT2D eigenvalue weighted by Gasteiger charge is -2.16. The fourth-order valence-corrected chi connectivity index (χ4v) is 0.312. The van der Waals surface area contributed by atoms with Crippen LogP contribution < -0.4 is 0 Å². The molecule has 0 aliphatic carbocycles. The molecule has 0 saturated heterocycles. The van der Waals surface area contributed by atoms with Gasteiger partial charge in [0.05, 0.1) is 0 Å². The number of rotatable bonds is 2. The fourth-order valence-electron chi connectivity index (χ4n) is 0.312. The molecule has 0 saturated carbocycles. The van der Waals surface area contributed by atoms with Crippen molar-refractivity contribution in [3.63, 3.8) is 0 Å². The molecule has 0 heterocycles. The number of hydrogen-bond acceptors (Lipinski definition) is 3. The van der Waals surface area contributed by atoms with Crippen molar-refractivity contribution in [2.75, 3.05) is 0 Å². The van der Waals surface area contributed by atoms with Gasteiger partial charge in [0.1, 0.15) is 12.5 Å². The summed E-state index contributed by atoms with van der Waals surface area (Å²) in [5.74, 6) is 0. The van der Waals surface area contributed by atoms with Gasteiger partial charge in [0, 0.05) is 0 Å². The lowest BCUT2D eigenvalue weighted by atomic mass is 10.5. The second-order valence-corrected chi connectivity index (χ2v) is 1.62. The van der Waals surface area contributed by atoms with E-state index in [0.29, 0.717) is 0 Å². The minimum absolute atomic E-state index is 0.194. The van der Waals surface area contributed by atoms with Gasteiger partial charge in [0.25, 0.3) is 0 Å². The lowest BCUT2D eigenvalue weighted by molar-refractivity contribution is -0.298. The van der Waals surface area contributed by atoms with E-state index in [4.69, 9.17) is 10.2 Å². The van der Waals surface area contributed by atoms with Crippen molar-refractivity contribution in [3.05, 3.63) is 0 Å². The Morgan fingerprint density at radius 2 is 1.50 bits per heavy atom. The summed E-state index contributed by atoms with van der Waals surface area (Å²) in [6, 6.07) is 0. The molecule has 8 heavy (non-hydrogen) atoms. The van der Waals surface area contributed by atoms with Crippen molar-refractivity contribution >= 4 is 0 Å². The Balaban J connectivity index is 3.46. The van der Waals surface area contributed by atoms with Crippen LogP contribution in [0, 0.1) is 0 Å². The third-order valence-corrected chi connectivity index (χ3v) is 0.737. The Morgan fingerprint density at radius 1 is 1.25 bits per heavy atom. The quantitative estimate of drug-likeness (QED) is 0.374. The predicted octanol–water partition coefficient (Wildman–Crippen LogP) is -0.690. The first kappa shape index (κ1) is 7.84. The smallest absolute Gasteiger partial charge is 0.133 e. The molecule has 0 aromatic heterocycles. The monoisotopic (exact) mass is 120 g/mol. The topological polar surface area (TPSA) is 63.6 Å². The van der Waals surface area contributed by atoms with E-state index in [-0.39, 0.29) is 5.06 Å². The third kappa shape index (κ3) is 2.23. The van der Waals surface area contributed by atoms with Crippen LogP contribution in [0.15, 0.2) is 0 Å². The van der Waals surface area contributed by atoms with Gasteiger partial charge in [-0.15, -0.1) is 5.21 Å². The molecule has 0 bridgehead atoms. The molecule has 4 nitrogen and oxygen atoms in total. The highest BCUT2D eigenvalue weighted by Crippen LogP contribution is 1.94. The van der Waals surface area contributed by atoms with E-state index in [9.17, 15) is 5.21 Å². The van der Waals surface area contributed by atoms with E-state index in [1.54, 1.807) is 0 Å². The Bertz CT molecular complexity index is 56.3. The Kier molecular flexibility index (Phi) is 2.93. The van der Waals surface area contributed by atoms with Crippen LogP contribution in [0.1, 0.15) is 13.8 Å². The number of hydroxylamine groups is 2. The predicted molar refractivity (Wildman–Crippen MR) is 25.9 cm³/mol. The second kappa shape index (κ2) is 2.99. The van der Waals surface area contributed by atoms with Crippen molar-refractivity contribution in [3.8, 4) is 0 Å². The van der Waals surface area contributed by atoms with Crippen LogP contribution in [0.5, 0.6) is 0 Å². The van der Waals surface area contributed by atoms with E-state index in [0.717, 1.165) is 0 Å². The van der Waals surface area contributed by atoms with Gasteiger partial charge in [0.2, 0.25) is 0 Å². The molecule has 1 radical (unpaired) electrons. The van der Waals surface area contributed by atoms with E-state index < -0.39 is 12.5 Å². The third-order valence-electron chi connectivity index (χ3n) is 0.737. The molecule has 49 valence electrons. The highest BCUT2D eigenvalue weighted by atomic mass is 16.6. The van der Waals surface area contributed by atoms with Crippen molar-refractivity contribution < 1.29 is 15.4 Å². The summed E-state index contributed by atoms with van der Waals surface area (Å²) in [4.78, 5) is 0. The van der Waals surface area contributed by atoms with Gasteiger partial charge in [-0.3, -0.25) is 0 Å². The zero-order valence-corrected chi connectivity index (χ0v) is 4.90. The standard InChI is InChI=1S/C4H10NO3/c1-3(6)5(8)4(2)7/h3-4,6-7H,1-2H3. The number of aliphatic hydroxyl groups excluding tert-OH is 2. The van der Waals surface area contributed by atoms with Gasteiger partial charge in [-0.05, 0) is 13.8 Å². The Hall–Kier alpha value is -0.160. The lowest BCUT2D eigenvalue weighted by Crippen LogP contribution is -2.35. The minimum Gasteiger partial charge on any atom is -0.376 e.